The van der Waals surface area contributed by atoms with Crippen molar-refractivity contribution in [2.24, 2.45) is 0 Å². The lowest BCUT2D eigenvalue weighted by atomic mass is 10.2. The Balaban J connectivity index is 1.76. The largest absolute Gasteiger partial charge is 0.375 e. The fourth-order valence-electron chi connectivity index (χ4n) is 0.820. The van der Waals surface area contributed by atoms with Crippen LogP contribution < -0.4 is 5.32 Å². The Labute approximate surface area is 67.4 Å². The van der Waals surface area contributed by atoms with Gasteiger partial charge in [-0.05, 0) is 0 Å². The minimum Gasteiger partial charge on any atom is -0.375 e. The van der Waals surface area contributed by atoms with Gasteiger partial charge in [0.2, 0.25) is 0 Å². The van der Waals surface area contributed by atoms with Gasteiger partial charge in [0.1, 0.15) is 0 Å². The average molecular weight is 157 g/mol. The Morgan fingerprint density at radius 3 is 2.82 bits per heavy atom. The molecule has 0 bridgehead atoms. The lowest BCUT2D eigenvalue weighted by molar-refractivity contribution is -0.0124. The second-order valence-electron chi connectivity index (χ2n) is 2.51. The SMILES string of the molecule is C=CCOCCOC1CNC1. The number of hydrogen-bond donors (Lipinski definition) is 1. The third-order valence-corrected chi connectivity index (χ3v) is 1.56. The summed E-state index contributed by atoms with van der Waals surface area (Å²) in [4.78, 5) is 0. The van der Waals surface area contributed by atoms with E-state index in [0.717, 1.165) is 13.1 Å². The molecule has 0 spiro atoms. The molecule has 0 aliphatic carbocycles. The van der Waals surface area contributed by atoms with E-state index in [9.17, 15) is 0 Å². The highest BCUT2D eigenvalue weighted by molar-refractivity contribution is 4.74. The predicted octanol–water partition coefficient (Wildman–Crippen LogP) is 0.177. The van der Waals surface area contributed by atoms with E-state index in [1.165, 1.54) is 0 Å². The molecule has 1 heterocycles. The van der Waals surface area contributed by atoms with Crippen molar-refractivity contribution >= 4 is 0 Å². The van der Waals surface area contributed by atoms with Crippen molar-refractivity contribution in [2.45, 2.75) is 6.10 Å². The molecule has 0 aromatic heterocycles. The van der Waals surface area contributed by atoms with E-state index in [0.29, 0.717) is 25.9 Å². The molecule has 0 atom stereocenters. The maximum Gasteiger partial charge on any atom is 0.0824 e. The molecule has 0 aromatic carbocycles. The zero-order valence-electron chi connectivity index (χ0n) is 6.71. The van der Waals surface area contributed by atoms with Crippen LogP contribution in [0, 0.1) is 0 Å². The molecule has 1 saturated heterocycles. The summed E-state index contributed by atoms with van der Waals surface area (Å²) in [6.07, 6.45) is 2.16. The molecule has 1 aliphatic heterocycles. The molecule has 64 valence electrons. The van der Waals surface area contributed by atoms with Crippen molar-refractivity contribution in [1.29, 1.82) is 0 Å². The van der Waals surface area contributed by atoms with Gasteiger partial charge in [0.25, 0.3) is 0 Å². The Hall–Kier alpha value is -0.380. The van der Waals surface area contributed by atoms with Crippen LogP contribution in [0.1, 0.15) is 0 Å². The Morgan fingerprint density at radius 2 is 2.27 bits per heavy atom. The predicted molar refractivity (Wildman–Crippen MR) is 43.6 cm³/mol. The number of rotatable bonds is 6. The smallest absolute Gasteiger partial charge is 0.0824 e. The summed E-state index contributed by atoms with van der Waals surface area (Å²) in [6.45, 7) is 7.50. The van der Waals surface area contributed by atoms with Gasteiger partial charge in [0.05, 0.1) is 25.9 Å². The summed E-state index contributed by atoms with van der Waals surface area (Å²) in [5.74, 6) is 0. The van der Waals surface area contributed by atoms with Gasteiger partial charge in [0, 0.05) is 13.1 Å². The molecular weight excluding hydrogens is 142 g/mol. The van der Waals surface area contributed by atoms with Crippen LogP contribution in [-0.2, 0) is 9.47 Å². The van der Waals surface area contributed by atoms with Crippen molar-refractivity contribution in [3.8, 4) is 0 Å². The summed E-state index contributed by atoms with van der Waals surface area (Å²) in [6, 6.07) is 0. The first-order valence-corrected chi connectivity index (χ1v) is 3.94. The van der Waals surface area contributed by atoms with Gasteiger partial charge in [-0.2, -0.15) is 0 Å². The molecule has 0 aromatic rings. The van der Waals surface area contributed by atoms with E-state index >= 15 is 0 Å². The van der Waals surface area contributed by atoms with E-state index in [1.807, 2.05) is 0 Å². The summed E-state index contributed by atoms with van der Waals surface area (Å²) >= 11 is 0. The van der Waals surface area contributed by atoms with Crippen LogP contribution in [0.2, 0.25) is 0 Å². The van der Waals surface area contributed by atoms with Gasteiger partial charge in [-0.3, -0.25) is 0 Å². The van der Waals surface area contributed by atoms with Crippen LogP contribution >= 0.6 is 0 Å². The van der Waals surface area contributed by atoms with Crippen LogP contribution in [0.4, 0.5) is 0 Å². The number of hydrogen-bond acceptors (Lipinski definition) is 3. The molecule has 1 N–H and O–H groups in total. The Kier molecular flexibility index (Phi) is 4.19. The molecule has 1 rings (SSSR count). The summed E-state index contributed by atoms with van der Waals surface area (Å²) in [7, 11) is 0. The molecular formula is C8H15NO2. The molecule has 1 fully saturated rings. The fourth-order valence-corrected chi connectivity index (χ4v) is 0.820. The number of ether oxygens (including phenoxy) is 2. The maximum atomic E-state index is 5.40. The fraction of sp³-hybridized carbons (Fsp3) is 0.750. The van der Waals surface area contributed by atoms with Gasteiger partial charge in [-0.15, -0.1) is 6.58 Å². The lowest BCUT2D eigenvalue weighted by Crippen LogP contribution is -2.48. The molecule has 0 saturated carbocycles. The van der Waals surface area contributed by atoms with Crippen LogP contribution in [0.15, 0.2) is 12.7 Å². The minimum atomic E-state index is 0.419. The van der Waals surface area contributed by atoms with E-state index in [4.69, 9.17) is 9.47 Å². The molecule has 3 heteroatoms. The number of nitrogens with one attached hydrogen (secondary N) is 1. The monoisotopic (exact) mass is 157 g/mol. The topological polar surface area (TPSA) is 30.5 Å². The molecule has 11 heavy (non-hydrogen) atoms. The third-order valence-electron chi connectivity index (χ3n) is 1.56. The molecule has 3 nitrogen and oxygen atoms in total. The van der Waals surface area contributed by atoms with Crippen LogP contribution in [0.5, 0.6) is 0 Å². The summed E-state index contributed by atoms with van der Waals surface area (Å²) in [5, 5.41) is 3.13. The molecule has 0 amide bonds. The van der Waals surface area contributed by atoms with Crippen molar-refractivity contribution in [3.05, 3.63) is 12.7 Å². The first-order chi connectivity index (χ1) is 5.43. The van der Waals surface area contributed by atoms with Crippen LogP contribution in [0.3, 0.4) is 0 Å². The second-order valence-corrected chi connectivity index (χ2v) is 2.51. The lowest BCUT2D eigenvalue weighted by Gasteiger charge is -2.26. The molecule has 0 radical (unpaired) electrons. The Bertz CT molecular complexity index is 113. The van der Waals surface area contributed by atoms with Gasteiger partial charge >= 0.3 is 0 Å². The van der Waals surface area contributed by atoms with Crippen molar-refractivity contribution in [1.82, 2.24) is 5.32 Å². The normalized spacial score (nSPS) is 17.8. The van der Waals surface area contributed by atoms with E-state index in [1.54, 1.807) is 6.08 Å². The van der Waals surface area contributed by atoms with E-state index in [2.05, 4.69) is 11.9 Å². The Morgan fingerprint density at radius 1 is 1.45 bits per heavy atom. The zero-order chi connectivity index (χ0) is 7.94. The van der Waals surface area contributed by atoms with Gasteiger partial charge in [-0.1, -0.05) is 6.08 Å². The quantitative estimate of drug-likeness (QED) is 0.440. The van der Waals surface area contributed by atoms with Gasteiger partial charge in [0.15, 0.2) is 0 Å². The molecule has 1 aliphatic rings. The first kappa shape index (κ1) is 8.71. The standard InChI is InChI=1S/C8H15NO2/c1-2-3-10-4-5-11-8-6-9-7-8/h2,8-9H,1,3-7H2. The van der Waals surface area contributed by atoms with Crippen molar-refractivity contribution in [2.75, 3.05) is 32.9 Å². The van der Waals surface area contributed by atoms with Gasteiger partial charge < -0.3 is 14.8 Å². The maximum absolute atomic E-state index is 5.40. The minimum absolute atomic E-state index is 0.419. The highest BCUT2D eigenvalue weighted by Crippen LogP contribution is 1.96. The van der Waals surface area contributed by atoms with E-state index < -0.39 is 0 Å². The second kappa shape index (κ2) is 5.29. The van der Waals surface area contributed by atoms with Gasteiger partial charge in [-0.25, -0.2) is 0 Å². The van der Waals surface area contributed by atoms with Crippen LogP contribution in [0.25, 0.3) is 0 Å². The highest BCUT2D eigenvalue weighted by atomic mass is 16.5. The zero-order valence-corrected chi connectivity index (χ0v) is 6.71. The van der Waals surface area contributed by atoms with Crippen molar-refractivity contribution < 1.29 is 9.47 Å². The first-order valence-electron chi connectivity index (χ1n) is 3.94. The average Bonchev–Trinajstić information content (AvgIpc) is 1.93. The third kappa shape index (κ3) is 3.51. The van der Waals surface area contributed by atoms with Crippen molar-refractivity contribution in [3.63, 3.8) is 0 Å². The summed E-state index contributed by atoms with van der Waals surface area (Å²) in [5.41, 5.74) is 0. The van der Waals surface area contributed by atoms with E-state index in [-0.39, 0.29) is 0 Å². The summed E-state index contributed by atoms with van der Waals surface area (Å²) < 4.78 is 10.5. The highest BCUT2D eigenvalue weighted by Gasteiger charge is 2.15. The molecule has 0 unspecified atom stereocenters. The van der Waals surface area contributed by atoms with Crippen LogP contribution in [-0.4, -0.2) is 39.0 Å².